The number of anilines is 1. The van der Waals surface area contributed by atoms with Crippen LogP contribution in [-0.2, 0) is 12.8 Å². The number of hydrogen-bond acceptors (Lipinski definition) is 1. The molecule has 2 N–H and O–H groups in total. The van der Waals surface area contributed by atoms with Gasteiger partial charge in [0.05, 0.1) is 0 Å². The Hall–Kier alpha value is -1.76. The van der Waals surface area contributed by atoms with Crippen LogP contribution in [0.25, 0.3) is 11.1 Å². The zero-order chi connectivity index (χ0) is 11.7. The molecule has 0 bridgehead atoms. The first-order valence-corrected chi connectivity index (χ1v) is 6.32. The van der Waals surface area contributed by atoms with E-state index in [4.69, 9.17) is 5.73 Å². The van der Waals surface area contributed by atoms with Crippen molar-refractivity contribution in [2.45, 2.75) is 25.7 Å². The van der Waals surface area contributed by atoms with E-state index in [9.17, 15) is 0 Å². The van der Waals surface area contributed by atoms with Crippen LogP contribution in [0.3, 0.4) is 0 Å². The first kappa shape index (κ1) is 10.4. The monoisotopic (exact) mass is 223 g/mol. The van der Waals surface area contributed by atoms with Crippen LogP contribution in [-0.4, -0.2) is 0 Å². The van der Waals surface area contributed by atoms with Gasteiger partial charge < -0.3 is 5.73 Å². The van der Waals surface area contributed by atoms with Crippen molar-refractivity contribution in [1.82, 2.24) is 0 Å². The summed E-state index contributed by atoms with van der Waals surface area (Å²) in [5, 5.41) is 0. The van der Waals surface area contributed by atoms with Crippen LogP contribution >= 0.6 is 0 Å². The van der Waals surface area contributed by atoms with Crippen molar-refractivity contribution < 1.29 is 0 Å². The molecule has 0 aliphatic heterocycles. The second-order valence-electron chi connectivity index (χ2n) is 4.74. The minimum Gasteiger partial charge on any atom is -0.398 e. The fourth-order valence-corrected chi connectivity index (χ4v) is 2.78. The minimum atomic E-state index is 0.881. The second-order valence-corrected chi connectivity index (χ2v) is 4.74. The van der Waals surface area contributed by atoms with Crippen molar-refractivity contribution in [3.63, 3.8) is 0 Å². The molecule has 0 heterocycles. The molecule has 0 unspecified atom stereocenters. The number of nitrogens with two attached hydrogens (primary N) is 1. The van der Waals surface area contributed by atoms with Gasteiger partial charge in [0.15, 0.2) is 0 Å². The lowest BCUT2D eigenvalue weighted by Gasteiger charge is -2.20. The molecule has 0 atom stereocenters. The van der Waals surface area contributed by atoms with E-state index in [1.165, 1.54) is 47.9 Å². The van der Waals surface area contributed by atoms with E-state index < -0.39 is 0 Å². The van der Waals surface area contributed by atoms with Crippen molar-refractivity contribution >= 4 is 5.69 Å². The summed E-state index contributed by atoms with van der Waals surface area (Å²) < 4.78 is 0. The van der Waals surface area contributed by atoms with Gasteiger partial charge in [0.1, 0.15) is 0 Å². The number of para-hydroxylation sites is 1. The van der Waals surface area contributed by atoms with Gasteiger partial charge in [0.2, 0.25) is 0 Å². The number of rotatable bonds is 1. The quantitative estimate of drug-likeness (QED) is 0.731. The van der Waals surface area contributed by atoms with E-state index in [0.29, 0.717) is 0 Å². The van der Waals surface area contributed by atoms with Gasteiger partial charge in [-0.15, -0.1) is 0 Å². The molecule has 86 valence electrons. The van der Waals surface area contributed by atoms with Gasteiger partial charge in [-0.25, -0.2) is 0 Å². The number of benzene rings is 2. The van der Waals surface area contributed by atoms with Crippen molar-refractivity contribution in [1.29, 1.82) is 0 Å². The first-order chi connectivity index (χ1) is 8.36. The Bertz CT molecular complexity index is 543. The van der Waals surface area contributed by atoms with E-state index in [2.05, 4.69) is 30.3 Å². The Morgan fingerprint density at radius 3 is 2.41 bits per heavy atom. The molecule has 3 rings (SSSR count). The SMILES string of the molecule is Nc1ccccc1-c1cccc2c1CCCC2. The van der Waals surface area contributed by atoms with E-state index in [-0.39, 0.29) is 0 Å². The molecule has 1 nitrogen and oxygen atoms in total. The Morgan fingerprint density at radius 2 is 1.53 bits per heavy atom. The Kier molecular flexibility index (Phi) is 2.60. The van der Waals surface area contributed by atoms with E-state index >= 15 is 0 Å². The zero-order valence-corrected chi connectivity index (χ0v) is 9.95. The van der Waals surface area contributed by atoms with Crippen LogP contribution in [0.4, 0.5) is 5.69 Å². The molecular weight excluding hydrogens is 206 g/mol. The largest absolute Gasteiger partial charge is 0.398 e. The third-order valence-electron chi connectivity index (χ3n) is 3.65. The normalized spacial score (nSPS) is 14.4. The molecule has 1 aliphatic carbocycles. The highest BCUT2D eigenvalue weighted by Gasteiger charge is 2.14. The van der Waals surface area contributed by atoms with Gasteiger partial charge in [0, 0.05) is 11.3 Å². The molecule has 0 saturated carbocycles. The van der Waals surface area contributed by atoms with E-state index in [1.54, 1.807) is 0 Å². The van der Waals surface area contributed by atoms with Crippen molar-refractivity contribution in [3.05, 3.63) is 53.6 Å². The van der Waals surface area contributed by atoms with Crippen molar-refractivity contribution in [2.24, 2.45) is 0 Å². The summed E-state index contributed by atoms with van der Waals surface area (Å²) >= 11 is 0. The Labute approximate surface area is 102 Å². The van der Waals surface area contributed by atoms with Crippen LogP contribution in [0, 0.1) is 0 Å². The number of hydrogen-bond donors (Lipinski definition) is 1. The summed E-state index contributed by atoms with van der Waals surface area (Å²) in [6.45, 7) is 0. The average molecular weight is 223 g/mol. The molecule has 2 aromatic carbocycles. The fraction of sp³-hybridized carbons (Fsp3) is 0.250. The standard InChI is InChI=1S/C16H17N/c17-16-11-4-3-9-15(16)14-10-5-7-12-6-1-2-8-13(12)14/h3-5,7,9-11H,1-2,6,8,17H2. The zero-order valence-electron chi connectivity index (χ0n) is 9.95. The maximum absolute atomic E-state index is 6.09. The summed E-state index contributed by atoms with van der Waals surface area (Å²) in [5.74, 6) is 0. The van der Waals surface area contributed by atoms with Crippen molar-refractivity contribution in [3.8, 4) is 11.1 Å². The van der Waals surface area contributed by atoms with Gasteiger partial charge >= 0.3 is 0 Å². The van der Waals surface area contributed by atoms with Crippen LogP contribution in [0.15, 0.2) is 42.5 Å². The molecule has 0 amide bonds. The maximum atomic E-state index is 6.09. The molecule has 0 saturated heterocycles. The van der Waals surface area contributed by atoms with Crippen LogP contribution in [0.1, 0.15) is 24.0 Å². The number of aryl methyl sites for hydroxylation is 1. The van der Waals surface area contributed by atoms with Gasteiger partial charge in [-0.05, 0) is 48.4 Å². The molecule has 1 aliphatic rings. The van der Waals surface area contributed by atoms with Crippen LogP contribution in [0.2, 0.25) is 0 Å². The summed E-state index contributed by atoms with van der Waals surface area (Å²) in [6, 6.07) is 14.8. The third-order valence-corrected chi connectivity index (χ3v) is 3.65. The van der Waals surface area contributed by atoms with Crippen LogP contribution in [0.5, 0.6) is 0 Å². The predicted octanol–water partition coefficient (Wildman–Crippen LogP) is 3.81. The average Bonchev–Trinajstić information content (AvgIpc) is 2.39. The molecule has 0 fully saturated rings. The highest BCUT2D eigenvalue weighted by molar-refractivity contribution is 5.79. The molecule has 0 aromatic heterocycles. The van der Waals surface area contributed by atoms with Gasteiger partial charge in [0.25, 0.3) is 0 Å². The molecule has 17 heavy (non-hydrogen) atoms. The minimum absolute atomic E-state index is 0.881. The molecular formula is C16H17N. The lowest BCUT2D eigenvalue weighted by atomic mass is 9.85. The van der Waals surface area contributed by atoms with Gasteiger partial charge in [-0.2, -0.15) is 0 Å². The van der Waals surface area contributed by atoms with Gasteiger partial charge in [-0.1, -0.05) is 36.4 Å². The van der Waals surface area contributed by atoms with E-state index in [1.807, 2.05) is 12.1 Å². The third kappa shape index (κ3) is 1.82. The topological polar surface area (TPSA) is 26.0 Å². The molecule has 1 heteroatoms. The van der Waals surface area contributed by atoms with Crippen LogP contribution < -0.4 is 5.73 Å². The summed E-state index contributed by atoms with van der Waals surface area (Å²) in [5.41, 5.74) is 12.5. The predicted molar refractivity (Wildman–Crippen MR) is 72.9 cm³/mol. The van der Waals surface area contributed by atoms with E-state index in [0.717, 1.165) is 5.69 Å². The second kappa shape index (κ2) is 4.25. The number of nitrogen functional groups attached to an aromatic ring is 1. The Balaban J connectivity index is 2.18. The highest BCUT2D eigenvalue weighted by atomic mass is 14.6. The first-order valence-electron chi connectivity index (χ1n) is 6.32. The maximum Gasteiger partial charge on any atom is 0.0393 e. The van der Waals surface area contributed by atoms with Gasteiger partial charge in [-0.3, -0.25) is 0 Å². The fourth-order valence-electron chi connectivity index (χ4n) is 2.78. The summed E-state index contributed by atoms with van der Waals surface area (Å²) in [7, 11) is 0. The molecule has 2 aromatic rings. The lowest BCUT2D eigenvalue weighted by molar-refractivity contribution is 0.687. The summed E-state index contributed by atoms with van der Waals surface area (Å²) in [6.07, 6.45) is 5.03. The lowest BCUT2D eigenvalue weighted by Crippen LogP contribution is -2.04. The smallest absolute Gasteiger partial charge is 0.0393 e. The Morgan fingerprint density at radius 1 is 0.765 bits per heavy atom. The molecule has 0 spiro atoms. The van der Waals surface area contributed by atoms with Crippen molar-refractivity contribution in [2.75, 3.05) is 5.73 Å². The molecule has 0 radical (unpaired) electrons. The number of fused-ring (bicyclic) bond motifs is 1. The highest BCUT2D eigenvalue weighted by Crippen LogP contribution is 2.34. The summed E-state index contributed by atoms with van der Waals surface area (Å²) in [4.78, 5) is 0.